The maximum Gasteiger partial charge on any atom is 0.338 e. The molecule has 1 N–H and O–H groups in total. The Morgan fingerprint density at radius 2 is 1.68 bits per heavy atom. The molecule has 0 aromatic heterocycles. The molecule has 2 rings (SSSR count). The van der Waals surface area contributed by atoms with Crippen molar-refractivity contribution >= 4 is 29.2 Å². The predicted molar refractivity (Wildman–Crippen MR) is 68.8 cm³/mol. The Morgan fingerprint density at radius 3 is 2.32 bits per heavy atom. The van der Waals surface area contributed by atoms with Crippen LogP contribution in [0.25, 0.3) is 11.1 Å². The van der Waals surface area contributed by atoms with Gasteiger partial charge in [-0.3, -0.25) is 0 Å². The fourth-order valence-corrected chi connectivity index (χ4v) is 2.04. The van der Waals surface area contributed by atoms with Gasteiger partial charge in [0.15, 0.2) is 11.6 Å². The molecule has 2 aromatic carbocycles. The first-order chi connectivity index (χ1) is 8.93. The molecular formula is C13H6Cl2F2O2. The lowest BCUT2D eigenvalue weighted by Gasteiger charge is -2.09. The Morgan fingerprint density at radius 1 is 1.00 bits per heavy atom. The van der Waals surface area contributed by atoms with E-state index in [1.807, 2.05) is 0 Å². The highest BCUT2D eigenvalue weighted by Crippen LogP contribution is 2.35. The number of hydrogen-bond donors (Lipinski definition) is 1. The summed E-state index contributed by atoms with van der Waals surface area (Å²) in [5, 5.41) is 8.97. The number of hydrogen-bond acceptors (Lipinski definition) is 1. The van der Waals surface area contributed by atoms with E-state index in [0.717, 1.165) is 12.1 Å². The zero-order valence-corrected chi connectivity index (χ0v) is 10.8. The largest absolute Gasteiger partial charge is 0.478 e. The highest BCUT2D eigenvalue weighted by Gasteiger charge is 2.20. The molecule has 6 heteroatoms. The van der Waals surface area contributed by atoms with Gasteiger partial charge >= 0.3 is 5.97 Å². The first-order valence-electron chi connectivity index (χ1n) is 5.09. The van der Waals surface area contributed by atoms with Crippen LogP contribution in [0, 0.1) is 11.6 Å². The quantitative estimate of drug-likeness (QED) is 0.877. The van der Waals surface area contributed by atoms with Gasteiger partial charge in [-0.05, 0) is 12.1 Å². The third-order valence-corrected chi connectivity index (χ3v) is 3.37. The second-order valence-corrected chi connectivity index (χ2v) is 4.48. The van der Waals surface area contributed by atoms with E-state index in [1.165, 1.54) is 18.2 Å². The van der Waals surface area contributed by atoms with Crippen LogP contribution in [0.15, 0.2) is 30.3 Å². The first kappa shape index (κ1) is 13.8. The maximum atomic E-state index is 13.9. The van der Waals surface area contributed by atoms with Crippen LogP contribution in [-0.2, 0) is 0 Å². The molecule has 19 heavy (non-hydrogen) atoms. The van der Waals surface area contributed by atoms with Gasteiger partial charge in [-0.25, -0.2) is 13.6 Å². The third kappa shape index (κ3) is 2.41. The average Bonchev–Trinajstić information content (AvgIpc) is 2.36. The van der Waals surface area contributed by atoms with Gasteiger partial charge in [-0.2, -0.15) is 0 Å². The van der Waals surface area contributed by atoms with Crippen molar-refractivity contribution in [1.82, 2.24) is 0 Å². The number of carboxylic acids is 1. The number of carbonyl (C=O) groups is 1. The summed E-state index contributed by atoms with van der Waals surface area (Å²) in [5.74, 6) is -4.25. The second-order valence-electron chi connectivity index (χ2n) is 3.70. The molecule has 0 bridgehead atoms. The first-order valence-corrected chi connectivity index (χ1v) is 5.84. The molecule has 0 radical (unpaired) electrons. The van der Waals surface area contributed by atoms with Crippen LogP contribution in [0.1, 0.15) is 10.4 Å². The fraction of sp³-hybridized carbons (Fsp3) is 0. The summed E-state index contributed by atoms with van der Waals surface area (Å²) in [5.41, 5.74) is -0.683. The summed E-state index contributed by atoms with van der Waals surface area (Å²) in [7, 11) is 0. The number of rotatable bonds is 2. The summed E-state index contributed by atoms with van der Waals surface area (Å²) < 4.78 is 27.5. The number of carboxylic acid groups (broad SMARTS) is 1. The molecule has 0 aliphatic heterocycles. The smallest absolute Gasteiger partial charge is 0.338 e. The van der Waals surface area contributed by atoms with Crippen LogP contribution in [-0.4, -0.2) is 11.1 Å². The monoisotopic (exact) mass is 302 g/mol. The SMILES string of the molecule is O=C(O)c1ccc(-c2cccc(Cl)c2Cl)c(F)c1F. The Hall–Kier alpha value is -1.65. The zero-order valence-electron chi connectivity index (χ0n) is 9.25. The Bertz CT molecular complexity index is 672. The van der Waals surface area contributed by atoms with Gasteiger partial charge in [0.1, 0.15) is 0 Å². The summed E-state index contributed by atoms with van der Waals surface area (Å²) in [6.45, 7) is 0. The van der Waals surface area contributed by atoms with Crippen LogP contribution < -0.4 is 0 Å². The molecule has 0 aliphatic rings. The van der Waals surface area contributed by atoms with Crippen molar-refractivity contribution in [2.75, 3.05) is 0 Å². The molecule has 0 saturated heterocycles. The summed E-state index contributed by atoms with van der Waals surface area (Å²) >= 11 is 11.7. The standard InChI is InChI=1S/C13H6Cl2F2O2/c14-9-3-1-2-6(10(9)15)7-4-5-8(13(18)19)12(17)11(7)16/h1-5H,(H,18,19). The number of aromatic carboxylic acids is 1. The molecule has 0 atom stereocenters. The lowest BCUT2D eigenvalue weighted by Crippen LogP contribution is -2.04. The molecular weight excluding hydrogens is 297 g/mol. The molecule has 2 aromatic rings. The van der Waals surface area contributed by atoms with Gasteiger partial charge in [0.05, 0.1) is 15.6 Å². The van der Waals surface area contributed by atoms with Crippen LogP contribution in [0.3, 0.4) is 0 Å². The minimum absolute atomic E-state index is 0.0746. The van der Waals surface area contributed by atoms with E-state index in [2.05, 4.69) is 0 Å². The molecule has 2 nitrogen and oxygen atoms in total. The predicted octanol–water partition coefficient (Wildman–Crippen LogP) is 4.64. The van der Waals surface area contributed by atoms with Gasteiger partial charge in [-0.1, -0.05) is 41.4 Å². The summed E-state index contributed by atoms with van der Waals surface area (Å²) in [6, 6.07) is 6.64. The highest BCUT2D eigenvalue weighted by molar-refractivity contribution is 6.43. The van der Waals surface area contributed by atoms with E-state index in [1.54, 1.807) is 0 Å². The molecule has 0 heterocycles. The molecule has 0 fully saturated rings. The van der Waals surface area contributed by atoms with E-state index >= 15 is 0 Å². The topological polar surface area (TPSA) is 37.3 Å². The van der Waals surface area contributed by atoms with E-state index in [9.17, 15) is 13.6 Å². The lowest BCUT2D eigenvalue weighted by atomic mass is 10.0. The van der Waals surface area contributed by atoms with Crippen molar-refractivity contribution in [1.29, 1.82) is 0 Å². The Labute approximate surface area is 117 Å². The lowest BCUT2D eigenvalue weighted by molar-refractivity contribution is 0.0690. The van der Waals surface area contributed by atoms with Gasteiger partial charge in [0.2, 0.25) is 0 Å². The number of benzene rings is 2. The van der Waals surface area contributed by atoms with Crippen molar-refractivity contribution in [3.05, 3.63) is 57.6 Å². The summed E-state index contributed by atoms with van der Waals surface area (Å²) in [6.07, 6.45) is 0. The van der Waals surface area contributed by atoms with E-state index in [4.69, 9.17) is 28.3 Å². The summed E-state index contributed by atoms with van der Waals surface area (Å²) in [4.78, 5) is 10.7. The van der Waals surface area contributed by atoms with Crippen molar-refractivity contribution in [2.24, 2.45) is 0 Å². The molecule has 0 saturated carbocycles. The van der Waals surface area contributed by atoms with Crippen molar-refractivity contribution < 1.29 is 18.7 Å². The minimum Gasteiger partial charge on any atom is -0.478 e. The van der Waals surface area contributed by atoms with Crippen molar-refractivity contribution in [3.63, 3.8) is 0 Å². The van der Waals surface area contributed by atoms with Gasteiger partial charge in [-0.15, -0.1) is 0 Å². The second kappa shape index (κ2) is 5.15. The Kier molecular flexibility index (Phi) is 3.73. The van der Waals surface area contributed by atoms with Gasteiger partial charge < -0.3 is 5.11 Å². The van der Waals surface area contributed by atoms with Crippen LogP contribution in [0.5, 0.6) is 0 Å². The fourth-order valence-electron chi connectivity index (χ4n) is 1.63. The molecule has 0 unspecified atom stereocenters. The molecule has 0 spiro atoms. The van der Waals surface area contributed by atoms with E-state index in [-0.39, 0.29) is 21.2 Å². The molecule has 0 aliphatic carbocycles. The highest BCUT2D eigenvalue weighted by atomic mass is 35.5. The van der Waals surface area contributed by atoms with Crippen LogP contribution >= 0.6 is 23.2 Å². The Balaban J connectivity index is 2.68. The maximum absolute atomic E-state index is 13.9. The minimum atomic E-state index is -1.54. The number of halogens is 4. The van der Waals surface area contributed by atoms with Gasteiger partial charge in [0, 0.05) is 11.1 Å². The van der Waals surface area contributed by atoms with Gasteiger partial charge in [0.25, 0.3) is 0 Å². The van der Waals surface area contributed by atoms with Crippen LogP contribution in [0.4, 0.5) is 8.78 Å². The zero-order chi connectivity index (χ0) is 14.2. The van der Waals surface area contributed by atoms with Crippen LogP contribution in [0.2, 0.25) is 10.0 Å². The van der Waals surface area contributed by atoms with Crippen molar-refractivity contribution in [2.45, 2.75) is 0 Å². The van der Waals surface area contributed by atoms with Crippen molar-refractivity contribution in [3.8, 4) is 11.1 Å². The average molecular weight is 303 g/mol. The third-order valence-electron chi connectivity index (χ3n) is 2.55. The normalized spacial score (nSPS) is 10.5. The molecule has 98 valence electrons. The van der Waals surface area contributed by atoms with E-state index < -0.39 is 23.2 Å². The molecule has 0 amide bonds. The van der Waals surface area contributed by atoms with E-state index in [0.29, 0.717) is 0 Å².